The molecule has 0 amide bonds. The molecular formula is C25H29NO6S2. The Balaban J connectivity index is 1.87. The molecule has 1 N–H and O–H groups in total. The molecule has 3 aromatic carbocycles. The van der Waals surface area contributed by atoms with Crippen LogP contribution in [-0.4, -0.2) is 45.4 Å². The van der Waals surface area contributed by atoms with Crippen molar-refractivity contribution in [3.05, 3.63) is 95.6 Å². The van der Waals surface area contributed by atoms with Crippen LogP contribution < -0.4 is 0 Å². The van der Waals surface area contributed by atoms with Crippen LogP contribution in [0.1, 0.15) is 29.7 Å². The Morgan fingerprint density at radius 1 is 0.794 bits per heavy atom. The van der Waals surface area contributed by atoms with Gasteiger partial charge in [0.25, 0.3) is 10.1 Å². The first-order chi connectivity index (χ1) is 16.0. The number of aliphatic hydroxyl groups excluding tert-OH is 1. The molecule has 0 aliphatic heterocycles. The molecule has 0 fully saturated rings. The number of hydrogen-bond donors (Lipinski definition) is 1. The molecular weight excluding hydrogens is 474 g/mol. The van der Waals surface area contributed by atoms with Crippen LogP contribution in [-0.2, 0) is 24.3 Å². The van der Waals surface area contributed by atoms with Crippen molar-refractivity contribution in [2.24, 2.45) is 0 Å². The maximum atomic E-state index is 13.5. The zero-order valence-electron chi connectivity index (χ0n) is 19.3. The zero-order valence-corrected chi connectivity index (χ0v) is 21.0. The van der Waals surface area contributed by atoms with E-state index in [0.29, 0.717) is 5.56 Å². The third-order valence-electron chi connectivity index (χ3n) is 5.43. The molecule has 34 heavy (non-hydrogen) atoms. The summed E-state index contributed by atoms with van der Waals surface area (Å²) in [5, 5.41) is 10.8. The Hall–Kier alpha value is -2.56. The highest BCUT2D eigenvalue weighted by atomic mass is 32.2. The number of hydrogen-bond acceptors (Lipinski definition) is 6. The highest BCUT2D eigenvalue weighted by Gasteiger charge is 2.32. The Bertz CT molecular complexity index is 1290. The van der Waals surface area contributed by atoms with Crippen LogP contribution in [0.5, 0.6) is 0 Å². The lowest BCUT2D eigenvalue weighted by Gasteiger charge is -2.30. The second kappa shape index (κ2) is 10.8. The number of aliphatic hydroxyl groups is 1. The van der Waals surface area contributed by atoms with Crippen molar-refractivity contribution < 1.29 is 26.1 Å². The molecule has 9 heteroatoms. The van der Waals surface area contributed by atoms with E-state index >= 15 is 0 Å². The number of nitrogens with zero attached hydrogens (tertiary/aromatic N) is 1. The first-order valence-electron chi connectivity index (χ1n) is 10.8. The molecule has 0 radical (unpaired) electrons. The standard InChI is InChI=1S/C25H29NO6S2/c1-19-9-13-23(14-10-19)33(28,29)26(17-25(27)22-7-5-4-6-8-22)21(3)18-32-34(30,31)24-15-11-20(2)12-16-24/h4-16,21,25,27H,17-18H2,1-3H3/t21-,25?/m1/s1. The molecule has 1 unspecified atom stereocenters. The van der Waals surface area contributed by atoms with E-state index in [9.17, 15) is 21.9 Å². The summed E-state index contributed by atoms with van der Waals surface area (Å²) in [4.78, 5) is 0.0363. The van der Waals surface area contributed by atoms with Gasteiger partial charge in [-0.15, -0.1) is 0 Å². The van der Waals surface area contributed by atoms with E-state index < -0.39 is 38.9 Å². The molecule has 3 rings (SSSR count). The molecule has 0 heterocycles. The second-order valence-electron chi connectivity index (χ2n) is 8.21. The van der Waals surface area contributed by atoms with Gasteiger partial charge in [0.2, 0.25) is 10.0 Å². The lowest BCUT2D eigenvalue weighted by Crippen LogP contribution is -2.43. The van der Waals surface area contributed by atoms with Gasteiger partial charge in [-0.25, -0.2) is 8.42 Å². The maximum Gasteiger partial charge on any atom is 0.297 e. The van der Waals surface area contributed by atoms with Crippen molar-refractivity contribution in [3.63, 3.8) is 0 Å². The first-order valence-corrected chi connectivity index (χ1v) is 13.6. The predicted octanol–water partition coefficient (Wildman–Crippen LogP) is 3.82. The van der Waals surface area contributed by atoms with Crippen LogP contribution in [0.2, 0.25) is 0 Å². The smallest absolute Gasteiger partial charge is 0.297 e. The molecule has 7 nitrogen and oxygen atoms in total. The molecule has 182 valence electrons. The maximum absolute atomic E-state index is 13.5. The minimum atomic E-state index is -4.09. The molecule has 0 bridgehead atoms. The summed E-state index contributed by atoms with van der Waals surface area (Å²) < 4.78 is 58.6. The lowest BCUT2D eigenvalue weighted by molar-refractivity contribution is 0.122. The SMILES string of the molecule is Cc1ccc(S(=O)(=O)OC[C@@H](C)N(CC(O)c2ccccc2)S(=O)(=O)c2ccc(C)cc2)cc1. The van der Waals surface area contributed by atoms with Crippen LogP contribution in [0.4, 0.5) is 0 Å². The zero-order chi connectivity index (χ0) is 24.9. The first kappa shape index (κ1) is 26.1. The third-order valence-corrected chi connectivity index (χ3v) is 8.72. The van der Waals surface area contributed by atoms with Crippen molar-refractivity contribution in [2.45, 2.75) is 42.7 Å². The van der Waals surface area contributed by atoms with Gasteiger partial charge in [-0.2, -0.15) is 12.7 Å². The van der Waals surface area contributed by atoms with Crippen LogP contribution in [0.15, 0.2) is 88.7 Å². The molecule has 0 saturated heterocycles. The highest BCUT2D eigenvalue weighted by molar-refractivity contribution is 7.89. The Kier molecular flexibility index (Phi) is 8.27. The molecule has 0 spiro atoms. The van der Waals surface area contributed by atoms with E-state index in [1.165, 1.54) is 24.3 Å². The molecule has 2 atom stereocenters. The van der Waals surface area contributed by atoms with E-state index in [4.69, 9.17) is 4.18 Å². The van der Waals surface area contributed by atoms with Crippen LogP contribution in [0.25, 0.3) is 0 Å². The van der Waals surface area contributed by atoms with E-state index in [0.717, 1.165) is 15.4 Å². The normalized spacial score (nSPS) is 14.1. The van der Waals surface area contributed by atoms with Gasteiger partial charge in [0, 0.05) is 12.6 Å². The van der Waals surface area contributed by atoms with Crippen molar-refractivity contribution in [3.8, 4) is 0 Å². The predicted molar refractivity (Wildman–Crippen MR) is 130 cm³/mol. The van der Waals surface area contributed by atoms with E-state index in [1.807, 2.05) is 13.8 Å². The summed E-state index contributed by atoms with van der Waals surface area (Å²) in [5.74, 6) is 0. The van der Waals surface area contributed by atoms with Crippen molar-refractivity contribution in [1.29, 1.82) is 0 Å². The van der Waals surface area contributed by atoms with Gasteiger partial charge in [0.05, 0.1) is 22.5 Å². The number of rotatable bonds is 10. The molecule has 0 aliphatic carbocycles. The Morgan fingerprint density at radius 3 is 1.82 bits per heavy atom. The quantitative estimate of drug-likeness (QED) is 0.422. The molecule has 0 saturated carbocycles. The fourth-order valence-corrected chi connectivity index (χ4v) is 5.96. The van der Waals surface area contributed by atoms with Crippen LogP contribution in [0.3, 0.4) is 0 Å². The van der Waals surface area contributed by atoms with Crippen molar-refractivity contribution >= 4 is 20.1 Å². The summed E-state index contributed by atoms with van der Waals surface area (Å²) in [7, 11) is -8.15. The summed E-state index contributed by atoms with van der Waals surface area (Å²) in [6.45, 7) is 4.55. The van der Waals surface area contributed by atoms with Gasteiger partial charge in [-0.3, -0.25) is 4.18 Å². The minimum absolute atomic E-state index is 0.0115. The van der Waals surface area contributed by atoms with E-state index in [1.54, 1.807) is 61.5 Å². The topological polar surface area (TPSA) is 101 Å². The van der Waals surface area contributed by atoms with Gasteiger partial charge < -0.3 is 5.11 Å². The number of sulfonamides is 1. The monoisotopic (exact) mass is 503 g/mol. The van der Waals surface area contributed by atoms with Crippen molar-refractivity contribution in [2.75, 3.05) is 13.2 Å². The van der Waals surface area contributed by atoms with Gasteiger partial charge >= 0.3 is 0 Å². The van der Waals surface area contributed by atoms with E-state index in [2.05, 4.69) is 0 Å². The number of benzene rings is 3. The summed E-state index contributed by atoms with van der Waals surface area (Å²) in [6.07, 6.45) is -1.11. The Morgan fingerprint density at radius 2 is 1.29 bits per heavy atom. The average Bonchev–Trinajstić information content (AvgIpc) is 2.82. The van der Waals surface area contributed by atoms with Crippen LogP contribution >= 0.6 is 0 Å². The lowest BCUT2D eigenvalue weighted by atomic mass is 10.1. The minimum Gasteiger partial charge on any atom is -0.387 e. The summed E-state index contributed by atoms with van der Waals surface area (Å²) in [6, 6.07) is 20.3. The number of aryl methyl sites for hydroxylation is 2. The molecule has 0 aliphatic rings. The van der Waals surface area contributed by atoms with Gasteiger partial charge in [0.1, 0.15) is 0 Å². The molecule has 3 aromatic rings. The van der Waals surface area contributed by atoms with E-state index in [-0.39, 0.29) is 16.3 Å². The van der Waals surface area contributed by atoms with Crippen molar-refractivity contribution in [1.82, 2.24) is 4.31 Å². The average molecular weight is 504 g/mol. The second-order valence-corrected chi connectivity index (χ2v) is 11.7. The molecule has 0 aromatic heterocycles. The Labute approximate surface area is 201 Å². The van der Waals surface area contributed by atoms with Gasteiger partial charge in [-0.05, 0) is 50.6 Å². The van der Waals surface area contributed by atoms with Crippen LogP contribution in [0, 0.1) is 13.8 Å². The highest BCUT2D eigenvalue weighted by Crippen LogP contribution is 2.24. The summed E-state index contributed by atoms with van der Waals surface area (Å²) >= 11 is 0. The van der Waals surface area contributed by atoms with Gasteiger partial charge in [-0.1, -0.05) is 65.7 Å². The fourth-order valence-electron chi connectivity index (χ4n) is 3.36. The van der Waals surface area contributed by atoms with Gasteiger partial charge in [0.15, 0.2) is 0 Å². The fraction of sp³-hybridized carbons (Fsp3) is 0.280. The summed E-state index contributed by atoms with van der Waals surface area (Å²) in [5.41, 5.74) is 2.35. The largest absolute Gasteiger partial charge is 0.387 e. The third kappa shape index (κ3) is 6.31.